The Bertz CT molecular complexity index is 85.7. The lowest BCUT2D eigenvalue weighted by molar-refractivity contribution is 0.289. The number of halogens is 2. The van der Waals surface area contributed by atoms with Gasteiger partial charge in [-0.1, -0.05) is 0 Å². The lowest BCUT2D eigenvalue weighted by Crippen LogP contribution is -2.42. The van der Waals surface area contributed by atoms with Crippen molar-refractivity contribution in [3.8, 4) is 0 Å². The summed E-state index contributed by atoms with van der Waals surface area (Å²) >= 11 is 0. The van der Waals surface area contributed by atoms with Crippen LogP contribution in [0, 0.1) is 0 Å². The molecule has 0 aromatic rings. The fourth-order valence-electron chi connectivity index (χ4n) is 1.63. The molecule has 1 N–H and O–H groups in total. The third kappa shape index (κ3) is 1.99. The topological polar surface area (TPSA) is 15.3 Å². The zero-order chi connectivity index (χ0) is 5.40. The van der Waals surface area contributed by atoms with E-state index < -0.39 is 0 Å². The number of hydrogen-bond donors (Lipinski definition) is 1. The fourth-order valence-corrected chi connectivity index (χ4v) is 1.63. The summed E-state index contributed by atoms with van der Waals surface area (Å²) < 4.78 is 0. The molecule has 4 heteroatoms. The van der Waals surface area contributed by atoms with Crippen LogP contribution in [0.4, 0.5) is 0 Å². The standard InChI is InChI=1S/C6H12N2.2ClH/c1-3-8-4-2-7-6(1)5-8;;/h6-7H,1-5H2;2*1H. The summed E-state index contributed by atoms with van der Waals surface area (Å²) in [4.78, 5) is 2.53. The Morgan fingerprint density at radius 2 is 2.00 bits per heavy atom. The van der Waals surface area contributed by atoms with E-state index in [9.17, 15) is 0 Å². The Morgan fingerprint density at radius 3 is 2.60 bits per heavy atom. The van der Waals surface area contributed by atoms with Crippen molar-refractivity contribution in [1.29, 1.82) is 0 Å². The highest BCUT2D eigenvalue weighted by Gasteiger charge is 2.24. The Kier molecular flexibility index (Phi) is 4.61. The van der Waals surface area contributed by atoms with E-state index in [2.05, 4.69) is 10.2 Å². The lowest BCUT2D eigenvalue weighted by Gasteiger charge is -2.22. The molecule has 2 atom stereocenters. The van der Waals surface area contributed by atoms with Gasteiger partial charge >= 0.3 is 0 Å². The van der Waals surface area contributed by atoms with E-state index in [1.54, 1.807) is 0 Å². The summed E-state index contributed by atoms with van der Waals surface area (Å²) in [5, 5.41) is 3.47. The number of hydrogen-bond acceptors (Lipinski definition) is 2. The van der Waals surface area contributed by atoms with Crippen LogP contribution in [-0.2, 0) is 0 Å². The Hall–Kier alpha value is 0.500. The van der Waals surface area contributed by atoms with Crippen LogP contribution in [0.1, 0.15) is 6.42 Å². The minimum Gasteiger partial charge on any atom is -0.311 e. The van der Waals surface area contributed by atoms with Crippen LogP contribution in [0.2, 0.25) is 0 Å². The molecular formula is C6H14Cl2N2. The molecule has 2 bridgehead atoms. The molecule has 0 radical (unpaired) electrons. The molecule has 2 saturated heterocycles. The molecule has 2 aliphatic heterocycles. The van der Waals surface area contributed by atoms with E-state index in [4.69, 9.17) is 0 Å². The molecular weight excluding hydrogens is 171 g/mol. The van der Waals surface area contributed by atoms with Crippen LogP contribution in [-0.4, -0.2) is 37.1 Å². The van der Waals surface area contributed by atoms with Crippen molar-refractivity contribution in [3.63, 3.8) is 0 Å². The zero-order valence-corrected chi connectivity index (χ0v) is 7.51. The summed E-state index contributed by atoms with van der Waals surface area (Å²) in [6.07, 6.45) is 1.38. The first-order valence-electron chi connectivity index (χ1n) is 3.41. The van der Waals surface area contributed by atoms with Gasteiger partial charge in [0.05, 0.1) is 0 Å². The molecule has 2 heterocycles. The SMILES string of the molecule is C1CN2CCC(C2)N1.Cl.Cl. The van der Waals surface area contributed by atoms with E-state index >= 15 is 0 Å². The first-order chi connectivity index (χ1) is 3.95. The summed E-state index contributed by atoms with van der Waals surface area (Å²) in [6, 6.07) is 0.837. The third-order valence-electron chi connectivity index (χ3n) is 2.13. The van der Waals surface area contributed by atoms with Gasteiger partial charge in [-0.3, -0.25) is 0 Å². The Morgan fingerprint density at radius 1 is 1.20 bits per heavy atom. The smallest absolute Gasteiger partial charge is 0.0207 e. The van der Waals surface area contributed by atoms with E-state index in [1.165, 1.54) is 32.6 Å². The van der Waals surface area contributed by atoms with E-state index in [0.717, 1.165) is 6.04 Å². The molecule has 2 rings (SSSR count). The molecule has 0 amide bonds. The molecule has 2 unspecified atom stereocenters. The predicted octanol–water partition coefficient (Wildman–Crippen LogP) is 0.507. The predicted molar refractivity (Wildman–Crippen MR) is 47.3 cm³/mol. The van der Waals surface area contributed by atoms with Gasteiger partial charge < -0.3 is 10.2 Å². The van der Waals surface area contributed by atoms with Gasteiger partial charge in [0.25, 0.3) is 0 Å². The van der Waals surface area contributed by atoms with Gasteiger partial charge in [0, 0.05) is 25.7 Å². The number of fused-ring (bicyclic) bond motifs is 2. The van der Waals surface area contributed by atoms with Crippen molar-refractivity contribution in [3.05, 3.63) is 0 Å². The number of piperazine rings is 1. The van der Waals surface area contributed by atoms with Crippen LogP contribution >= 0.6 is 24.8 Å². The molecule has 2 aliphatic rings. The first kappa shape index (κ1) is 10.5. The van der Waals surface area contributed by atoms with E-state index in [0.29, 0.717) is 0 Å². The second kappa shape index (κ2) is 4.39. The van der Waals surface area contributed by atoms with Crippen LogP contribution in [0.25, 0.3) is 0 Å². The van der Waals surface area contributed by atoms with Crippen molar-refractivity contribution < 1.29 is 0 Å². The molecule has 0 aromatic carbocycles. The van der Waals surface area contributed by atoms with Crippen LogP contribution in [0.3, 0.4) is 0 Å². The van der Waals surface area contributed by atoms with Crippen molar-refractivity contribution in [1.82, 2.24) is 10.2 Å². The number of rotatable bonds is 0. The molecule has 2 nitrogen and oxygen atoms in total. The van der Waals surface area contributed by atoms with Gasteiger partial charge in [0.1, 0.15) is 0 Å². The summed E-state index contributed by atoms with van der Waals surface area (Å²) in [6.45, 7) is 5.12. The average Bonchev–Trinajstić information content (AvgIpc) is 2.12. The van der Waals surface area contributed by atoms with Crippen molar-refractivity contribution in [2.45, 2.75) is 12.5 Å². The largest absolute Gasteiger partial charge is 0.311 e. The molecule has 0 saturated carbocycles. The molecule has 10 heavy (non-hydrogen) atoms. The average molecular weight is 185 g/mol. The van der Waals surface area contributed by atoms with Crippen molar-refractivity contribution in [2.75, 3.05) is 26.2 Å². The minimum absolute atomic E-state index is 0. The van der Waals surface area contributed by atoms with Crippen molar-refractivity contribution in [2.24, 2.45) is 0 Å². The third-order valence-corrected chi connectivity index (χ3v) is 2.13. The van der Waals surface area contributed by atoms with Gasteiger partial charge in [-0.25, -0.2) is 0 Å². The maximum Gasteiger partial charge on any atom is 0.0207 e. The van der Waals surface area contributed by atoms with Gasteiger partial charge in [-0.2, -0.15) is 0 Å². The highest BCUT2D eigenvalue weighted by atomic mass is 35.5. The summed E-state index contributed by atoms with van der Waals surface area (Å²) in [5.74, 6) is 0. The molecule has 0 spiro atoms. The Balaban J connectivity index is 0.000000405. The van der Waals surface area contributed by atoms with E-state index in [1.807, 2.05) is 0 Å². The quantitative estimate of drug-likeness (QED) is 0.591. The fraction of sp³-hybridized carbons (Fsp3) is 1.00. The maximum absolute atomic E-state index is 3.47. The maximum atomic E-state index is 3.47. The second-order valence-electron chi connectivity index (χ2n) is 2.74. The second-order valence-corrected chi connectivity index (χ2v) is 2.74. The van der Waals surface area contributed by atoms with Gasteiger partial charge in [0.2, 0.25) is 0 Å². The Labute approximate surface area is 74.2 Å². The first-order valence-corrected chi connectivity index (χ1v) is 3.41. The molecule has 2 fully saturated rings. The van der Waals surface area contributed by atoms with Gasteiger partial charge in [-0.05, 0) is 13.0 Å². The summed E-state index contributed by atoms with van der Waals surface area (Å²) in [7, 11) is 0. The summed E-state index contributed by atoms with van der Waals surface area (Å²) in [5.41, 5.74) is 0. The monoisotopic (exact) mass is 184 g/mol. The van der Waals surface area contributed by atoms with Crippen LogP contribution in [0.15, 0.2) is 0 Å². The van der Waals surface area contributed by atoms with E-state index in [-0.39, 0.29) is 24.8 Å². The number of nitrogens with zero attached hydrogens (tertiary/aromatic N) is 1. The molecule has 0 aromatic heterocycles. The lowest BCUT2D eigenvalue weighted by atomic mass is 10.2. The minimum atomic E-state index is 0. The highest BCUT2D eigenvalue weighted by molar-refractivity contribution is 5.85. The van der Waals surface area contributed by atoms with Gasteiger partial charge in [0.15, 0.2) is 0 Å². The van der Waals surface area contributed by atoms with Crippen molar-refractivity contribution >= 4 is 24.8 Å². The highest BCUT2D eigenvalue weighted by Crippen LogP contribution is 2.10. The molecule has 62 valence electrons. The normalized spacial score (nSPS) is 36.0. The van der Waals surface area contributed by atoms with Crippen LogP contribution in [0.5, 0.6) is 0 Å². The number of nitrogens with one attached hydrogen (secondary N) is 1. The molecule has 0 aliphatic carbocycles. The zero-order valence-electron chi connectivity index (χ0n) is 5.88. The van der Waals surface area contributed by atoms with Gasteiger partial charge in [-0.15, -0.1) is 24.8 Å². The van der Waals surface area contributed by atoms with Crippen LogP contribution < -0.4 is 5.32 Å².